The molecule has 6 heteroatoms. The molecular formula is C18H19NO3S2. The van der Waals surface area contributed by atoms with Crippen LogP contribution in [0.25, 0.3) is 10.8 Å². The number of aryl methyl sites for hydroxylation is 1. The first-order chi connectivity index (χ1) is 11.5. The second-order valence-electron chi connectivity index (χ2n) is 5.64. The molecule has 0 aliphatic carbocycles. The van der Waals surface area contributed by atoms with Crippen LogP contribution in [0.4, 0.5) is 0 Å². The van der Waals surface area contributed by atoms with Crippen LogP contribution < -0.4 is 4.72 Å². The summed E-state index contributed by atoms with van der Waals surface area (Å²) >= 11 is 1.24. The summed E-state index contributed by atoms with van der Waals surface area (Å²) in [4.78, 5) is 0.950. The second-order valence-corrected chi connectivity index (χ2v) is 8.92. The van der Waals surface area contributed by atoms with Crippen LogP contribution in [0.2, 0.25) is 0 Å². The molecule has 3 rings (SSSR count). The van der Waals surface area contributed by atoms with Crippen molar-refractivity contribution >= 4 is 32.1 Å². The number of hydrogen-bond acceptors (Lipinski definition) is 4. The third-order valence-electron chi connectivity index (χ3n) is 3.87. The van der Waals surface area contributed by atoms with Crippen molar-refractivity contribution in [2.24, 2.45) is 0 Å². The summed E-state index contributed by atoms with van der Waals surface area (Å²) in [5.74, 6) is 0. The molecule has 0 fully saturated rings. The van der Waals surface area contributed by atoms with Crippen LogP contribution in [0.15, 0.2) is 58.8 Å². The number of fused-ring (bicyclic) bond motifs is 1. The maximum atomic E-state index is 12.2. The van der Waals surface area contributed by atoms with E-state index in [1.807, 2.05) is 49.4 Å². The lowest BCUT2D eigenvalue weighted by Gasteiger charge is -2.14. The first-order valence-electron chi connectivity index (χ1n) is 7.69. The molecule has 0 aliphatic heterocycles. The molecule has 1 heterocycles. The Morgan fingerprint density at radius 3 is 2.58 bits per heavy atom. The van der Waals surface area contributed by atoms with Gasteiger partial charge in [0, 0.05) is 11.4 Å². The first kappa shape index (κ1) is 17.1. The molecule has 1 unspecified atom stereocenters. The molecule has 0 aliphatic rings. The summed E-state index contributed by atoms with van der Waals surface area (Å²) in [5, 5.41) is 12.5. The number of aliphatic hydroxyl groups is 1. The second kappa shape index (κ2) is 7.03. The smallest absolute Gasteiger partial charge is 0.250 e. The molecule has 24 heavy (non-hydrogen) atoms. The van der Waals surface area contributed by atoms with Crippen molar-refractivity contribution in [2.45, 2.75) is 23.7 Å². The van der Waals surface area contributed by atoms with Crippen LogP contribution in [0.5, 0.6) is 0 Å². The van der Waals surface area contributed by atoms with Gasteiger partial charge in [0.2, 0.25) is 10.0 Å². The Morgan fingerprint density at radius 2 is 1.83 bits per heavy atom. The first-order valence-corrected chi connectivity index (χ1v) is 9.99. The minimum absolute atomic E-state index is 0.184. The predicted octanol–water partition coefficient (Wildman–Crippen LogP) is 3.61. The highest BCUT2D eigenvalue weighted by molar-refractivity contribution is 7.91. The molecule has 2 aromatic carbocycles. The topological polar surface area (TPSA) is 66.4 Å². The zero-order chi connectivity index (χ0) is 17.2. The lowest BCUT2D eigenvalue weighted by molar-refractivity contribution is 0.170. The van der Waals surface area contributed by atoms with E-state index >= 15 is 0 Å². The van der Waals surface area contributed by atoms with Gasteiger partial charge in [0.05, 0.1) is 6.10 Å². The van der Waals surface area contributed by atoms with Gasteiger partial charge in [-0.05, 0) is 41.8 Å². The van der Waals surface area contributed by atoms with Gasteiger partial charge in [-0.2, -0.15) is 0 Å². The van der Waals surface area contributed by atoms with E-state index in [1.165, 1.54) is 11.3 Å². The molecule has 0 spiro atoms. The van der Waals surface area contributed by atoms with E-state index in [1.54, 1.807) is 12.1 Å². The average molecular weight is 361 g/mol. The van der Waals surface area contributed by atoms with Crippen LogP contribution in [-0.4, -0.2) is 20.1 Å². The lowest BCUT2D eigenvalue weighted by atomic mass is 9.99. The van der Waals surface area contributed by atoms with Crippen LogP contribution >= 0.6 is 11.3 Å². The molecule has 1 aromatic heterocycles. The molecule has 3 aromatic rings. The normalized spacial score (nSPS) is 13.2. The minimum atomic E-state index is -3.50. The van der Waals surface area contributed by atoms with Crippen molar-refractivity contribution < 1.29 is 13.5 Å². The quantitative estimate of drug-likeness (QED) is 0.705. The largest absolute Gasteiger partial charge is 0.388 e. The Morgan fingerprint density at radius 1 is 1.08 bits per heavy atom. The number of nitrogens with one attached hydrogen (secondary N) is 1. The molecule has 0 bridgehead atoms. The molecule has 0 radical (unpaired) electrons. The molecule has 4 nitrogen and oxygen atoms in total. The van der Waals surface area contributed by atoms with E-state index in [4.69, 9.17) is 0 Å². The van der Waals surface area contributed by atoms with E-state index in [0.29, 0.717) is 10.6 Å². The monoisotopic (exact) mass is 361 g/mol. The van der Waals surface area contributed by atoms with Gasteiger partial charge < -0.3 is 5.11 Å². The van der Waals surface area contributed by atoms with Crippen molar-refractivity contribution in [1.29, 1.82) is 0 Å². The van der Waals surface area contributed by atoms with Gasteiger partial charge in [0.25, 0.3) is 0 Å². The Balaban J connectivity index is 1.68. The van der Waals surface area contributed by atoms with Gasteiger partial charge in [-0.3, -0.25) is 0 Å². The van der Waals surface area contributed by atoms with E-state index in [2.05, 4.69) is 4.72 Å². The van der Waals surface area contributed by atoms with Gasteiger partial charge in [-0.25, -0.2) is 13.1 Å². The summed E-state index contributed by atoms with van der Waals surface area (Å²) in [6, 6.07) is 17.0. The molecular weight excluding hydrogens is 342 g/mol. The highest BCUT2D eigenvalue weighted by Crippen LogP contribution is 2.26. The summed E-state index contributed by atoms with van der Waals surface area (Å²) in [6.07, 6.45) is -0.402. The van der Waals surface area contributed by atoms with Crippen LogP contribution in [-0.2, 0) is 10.0 Å². The van der Waals surface area contributed by atoms with Crippen molar-refractivity contribution in [3.63, 3.8) is 0 Å². The van der Waals surface area contributed by atoms with Crippen molar-refractivity contribution in [1.82, 2.24) is 4.72 Å². The van der Waals surface area contributed by atoms with E-state index < -0.39 is 16.1 Å². The number of rotatable bonds is 6. The van der Waals surface area contributed by atoms with Crippen molar-refractivity contribution in [3.05, 3.63) is 65.0 Å². The summed E-state index contributed by atoms with van der Waals surface area (Å²) < 4.78 is 27.3. The maximum Gasteiger partial charge on any atom is 0.250 e. The van der Waals surface area contributed by atoms with Crippen molar-refractivity contribution in [3.8, 4) is 0 Å². The van der Waals surface area contributed by atoms with Gasteiger partial charge in [-0.1, -0.05) is 42.5 Å². The molecule has 126 valence electrons. The third-order valence-corrected chi connectivity index (χ3v) is 6.83. The zero-order valence-corrected chi connectivity index (χ0v) is 14.9. The van der Waals surface area contributed by atoms with Crippen LogP contribution in [0, 0.1) is 6.92 Å². The molecule has 0 saturated carbocycles. The number of aliphatic hydroxyl groups excluding tert-OH is 1. The summed E-state index contributed by atoms with van der Waals surface area (Å²) in [5.41, 5.74) is 0.819. The highest BCUT2D eigenvalue weighted by atomic mass is 32.2. The molecule has 2 N–H and O–H groups in total. The Hall–Kier alpha value is -1.73. The standard InChI is InChI=1S/C18H19NO3S2/c1-13-9-10-18(23-13)24(21,22)19-12-11-17(20)16-8-4-6-14-5-2-3-7-15(14)16/h2-10,17,19-20H,11-12H2,1H3. The number of hydrogen-bond donors (Lipinski definition) is 2. The third kappa shape index (κ3) is 3.67. The van der Waals surface area contributed by atoms with Crippen LogP contribution in [0.3, 0.4) is 0 Å². The van der Waals surface area contributed by atoms with Gasteiger partial charge in [-0.15, -0.1) is 11.3 Å². The van der Waals surface area contributed by atoms with Gasteiger partial charge in [0.1, 0.15) is 4.21 Å². The van der Waals surface area contributed by atoms with Gasteiger partial charge >= 0.3 is 0 Å². The average Bonchev–Trinajstić information content (AvgIpc) is 3.01. The van der Waals surface area contributed by atoms with Gasteiger partial charge in [0.15, 0.2) is 0 Å². The summed E-state index contributed by atoms with van der Waals surface area (Å²) in [7, 11) is -3.50. The number of sulfonamides is 1. The minimum Gasteiger partial charge on any atom is -0.388 e. The zero-order valence-electron chi connectivity index (χ0n) is 13.3. The molecule has 0 saturated heterocycles. The van der Waals surface area contributed by atoms with Crippen molar-refractivity contribution in [2.75, 3.05) is 6.54 Å². The lowest BCUT2D eigenvalue weighted by Crippen LogP contribution is -2.25. The number of benzene rings is 2. The summed E-state index contributed by atoms with van der Waals surface area (Å²) in [6.45, 7) is 2.05. The van der Waals surface area contributed by atoms with E-state index in [0.717, 1.165) is 21.2 Å². The van der Waals surface area contributed by atoms with Crippen LogP contribution in [0.1, 0.15) is 23.0 Å². The van der Waals surface area contributed by atoms with E-state index in [-0.39, 0.29) is 6.54 Å². The Labute approximate surface area is 145 Å². The fourth-order valence-electron chi connectivity index (χ4n) is 2.65. The molecule has 1 atom stereocenters. The Kier molecular flexibility index (Phi) is 5.01. The highest BCUT2D eigenvalue weighted by Gasteiger charge is 2.17. The number of thiophene rings is 1. The van der Waals surface area contributed by atoms with E-state index in [9.17, 15) is 13.5 Å². The fraction of sp³-hybridized carbons (Fsp3) is 0.222. The Bertz CT molecular complexity index is 942. The fourth-order valence-corrected chi connectivity index (χ4v) is 5.03. The SMILES string of the molecule is Cc1ccc(S(=O)(=O)NCCC(O)c2cccc3ccccc23)s1. The predicted molar refractivity (Wildman–Crippen MR) is 97.8 cm³/mol. The molecule has 0 amide bonds. The maximum absolute atomic E-state index is 12.2.